The molecule has 7 heteroatoms. The molecule has 0 saturated carbocycles. The Balaban J connectivity index is 1.94. The number of carboxylic acid groups (broad SMARTS) is 1. The number of aliphatic carboxylic acids is 1. The molecule has 0 aliphatic heterocycles. The van der Waals surface area contributed by atoms with E-state index in [0.717, 1.165) is 5.56 Å². The first-order valence-corrected chi connectivity index (χ1v) is 8.86. The summed E-state index contributed by atoms with van der Waals surface area (Å²) in [6.45, 7) is 3.78. The molecule has 2 amide bonds. The van der Waals surface area contributed by atoms with Crippen LogP contribution in [0, 0.1) is 5.92 Å². The van der Waals surface area contributed by atoms with Gasteiger partial charge in [-0.3, -0.25) is 9.59 Å². The Morgan fingerprint density at radius 2 is 1.64 bits per heavy atom. The number of anilines is 1. The summed E-state index contributed by atoms with van der Waals surface area (Å²) >= 11 is 0. The van der Waals surface area contributed by atoms with E-state index in [1.165, 1.54) is 0 Å². The minimum Gasteiger partial charge on any atom is -0.482 e. The van der Waals surface area contributed by atoms with Crippen LogP contribution in [0.4, 0.5) is 5.69 Å². The predicted molar refractivity (Wildman–Crippen MR) is 105 cm³/mol. The van der Waals surface area contributed by atoms with E-state index in [1.54, 1.807) is 48.3 Å². The Kier molecular flexibility index (Phi) is 7.14. The normalized spacial score (nSPS) is 10.4. The summed E-state index contributed by atoms with van der Waals surface area (Å²) in [6, 6.07) is 13.5. The van der Waals surface area contributed by atoms with E-state index in [2.05, 4.69) is 5.32 Å². The lowest BCUT2D eigenvalue weighted by molar-refractivity contribution is -0.139. The van der Waals surface area contributed by atoms with Crippen LogP contribution in [-0.2, 0) is 16.1 Å². The number of amides is 2. The van der Waals surface area contributed by atoms with Crippen LogP contribution in [0.2, 0.25) is 0 Å². The van der Waals surface area contributed by atoms with Gasteiger partial charge in [-0.2, -0.15) is 0 Å². The lowest BCUT2D eigenvalue weighted by Crippen LogP contribution is -2.29. The fourth-order valence-corrected chi connectivity index (χ4v) is 2.54. The van der Waals surface area contributed by atoms with Crippen molar-refractivity contribution in [2.24, 2.45) is 5.92 Å². The van der Waals surface area contributed by atoms with Crippen LogP contribution < -0.4 is 10.1 Å². The molecule has 0 aromatic heterocycles. The van der Waals surface area contributed by atoms with Gasteiger partial charge in [0, 0.05) is 30.8 Å². The maximum absolute atomic E-state index is 12.4. The second-order valence-electron chi connectivity index (χ2n) is 6.71. The molecule has 0 aliphatic carbocycles. The molecule has 2 rings (SSSR count). The summed E-state index contributed by atoms with van der Waals surface area (Å²) in [6.07, 6.45) is 0. The van der Waals surface area contributed by atoms with Crippen LogP contribution >= 0.6 is 0 Å². The van der Waals surface area contributed by atoms with Gasteiger partial charge in [0.1, 0.15) is 5.75 Å². The number of nitrogens with one attached hydrogen (secondary N) is 1. The van der Waals surface area contributed by atoms with Gasteiger partial charge in [-0.25, -0.2) is 4.79 Å². The molecule has 7 nitrogen and oxygen atoms in total. The summed E-state index contributed by atoms with van der Waals surface area (Å²) < 4.78 is 5.05. The van der Waals surface area contributed by atoms with Crippen molar-refractivity contribution in [2.75, 3.05) is 19.0 Å². The molecule has 0 aliphatic rings. The molecule has 0 fully saturated rings. The van der Waals surface area contributed by atoms with Crippen LogP contribution in [0.5, 0.6) is 5.75 Å². The van der Waals surface area contributed by atoms with Crippen LogP contribution in [0.1, 0.15) is 29.8 Å². The average Bonchev–Trinajstić information content (AvgIpc) is 2.67. The van der Waals surface area contributed by atoms with Crippen molar-refractivity contribution in [3.63, 3.8) is 0 Å². The zero-order chi connectivity index (χ0) is 20.7. The number of carbonyl (C=O) groups is 3. The lowest BCUT2D eigenvalue weighted by atomic mass is 10.1. The number of carbonyl (C=O) groups excluding carboxylic acids is 2. The molecule has 148 valence electrons. The van der Waals surface area contributed by atoms with Gasteiger partial charge in [0.25, 0.3) is 5.91 Å². The minimum atomic E-state index is -1.06. The van der Waals surface area contributed by atoms with E-state index in [-0.39, 0.29) is 17.7 Å². The van der Waals surface area contributed by atoms with Gasteiger partial charge in [-0.1, -0.05) is 26.0 Å². The molecule has 2 N–H and O–H groups in total. The smallest absolute Gasteiger partial charge is 0.341 e. The van der Waals surface area contributed by atoms with Crippen molar-refractivity contribution in [1.29, 1.82) is 0 Å². The Morgan fingerprint density at radius 1 is 1.04 bits per heavy atom. The highest BCUT2D eigenvalue weighted by atomic mass is 16.5. The van der Waals surface area contributed by atoms with Gasteiger partial charge >= 0.3 is 5.97 Å². The molecular weight excluding hydrogens is 360 g/mol. The summed E-state index contributed by atoms with van der Waals surface area (Å²) in [4.78, 5) is 36.5. The number of hydrogen-bond donors (Lipinski definition) is 2. The number of carboxylic acids is 1. The highest BCUT2D eigenvalue weighted by Gasteiger charge is 2.13. The molecule has 0 unspecified atom stereocenters. The Morgan fingerprint density at radius 3 is 2.18 bits per heavy atom. The number of rotatable bonds is 8. The first-order chi connectivity index (χ1) is 13.3. The van der Waals surface area contributed by atoms with Crippen LogP contribution in [-0.4, -0.2) is 41.4 Å². The SMILES string of the molecule is CC(C)C(=O)N(C)Cc1ccc(C(=O)Nc2ccc(OCC(=O)O)cc2)cc1. The molecule has 2 aromatic carbocycles. The van der Waals surface area contributed by atoms with E-state index in [1.807, 2.05) is 26.0 Å². The van der Waals surface area contributed by atoms with E-state index in [9.17, 15) is 14.4 Å². The Labute approximate surface area is 163 Å². The molecule has 0 atom stereocenters. The van der Waals surface area contributed by atoms with Crippen molar-refractivity contribution >= 4 is 23.5 Å². The average molecular weight is 384 g/mol. The van der Waals surface area contributed by atoms with E-state index >= 15 is 0 Å². The maximum atomic E-state index is 12.4. The van der Waals surface area contributed by atoms with Crippen molar-refractivity contribution in [3.05, 3.63) is 59.7 Å². The fourth-order valence-electron chi connectivity index (χ4n) is 2.54. The number of nitrogens with zero attached hydrogens (tertiary/aromatic N) is 1. The molecule has 0 radical (unpaired) electrons. The molecule has 0 saturated heterocycles. The lowest BCUT2D eigenvalue weighted by Gasteiger charge is -2.19. The standard InChI is InChI=1S/C21H24N2O5/c1-14(2)21(27)23(3)12-15-4-6-16(7-5-15)20(26)22-17-8-10-18(11-9-17)28-13-19(24)25/h4-11,14H,12-13H2,1-3H3,(H,22,26)(H,24,25). The number of hydrogen-bond acceptors (Lipinski definition) is 4. The summed E-state index contributed by atoms with van der Waals surface area (Å²) in [7, 11) is 1.76. The third-order valence-corrected chi connectivity index (χ3v) is 3.98. The number of benzene rings is 2. The van der Waals surface area contributed by atoms with Crippen LogP contribution in [0.15, 0.2) is 48.5 Å². The minimum absolute atomic E-state index is 0.0593. The highest BCUT2D eigenvalue weighted by molar-refractivity contribution is 6.04. The quantitative estimate of drug-likeness (QED) is 0.729. The Bertz CT molecular complexity index is 829. The van der Waals surface area contributed by atoms with Crippen LogP contribution in [0.25, 0.3) is 0 Å². The van der Waals surface area contributed by atoms with Gasteiger partial charge in [0.05, 0.1) is 0 Å². The van der Waals surface area contributed by atoms with Crippen LogP contribution in [0.3, 0.4) is 0 Å². The first-order valence-electron chi connectivity index (χ1n) is 8.86. The van der Waals surface area contributed by atoms with E-state index in [4.69, 9.17) is 9.84 Å². The van der Waals surface area contributed by atoms with Gasteiger partial charge in [0.15, 0.2) is 6.61 Å². The summed E-state index contributed by atoms with van der Waals surface area (Å²) in [5, 5.41) is 11.4. The molecule has 28 heavy (non-hydrogen) atoms. The zero-order valence-electron chi connectivity index (χ0n) is 16.1. The molecule has 0 spiro atoms. The first kappa shape index (κ1) is 21.0. The number of ether oxygens (including phenoxy) is 1. The fraction of sp³-hybridized carbons (Fsp3) is 0.286. The van der Waals surface area contributed by atoms with Gasteiger partial charge in [0.2, 0.25) is 5.91 Å². The zero-order valence-corrected chi connectivity index (χ0v) is 16.1. The molecule has 0 bridgehead atoms. The third-order valence-electron chi connectivity index (χ3n) is 3.98. The van der Waals surface area contributed by atoms with Crippen molar-refractivity contribution in [2.45, 2.75) is 20.4 Å². The summed E-state index contributed by atoms with van der Waals surface area (Å²) in [5.41, 5.74) is 2.00. The largest absolute Gasteiger partial charge is 0.482 e. The van der Waals surface area contributed by atoms with Gasteiger partial charge in [-0.15, -0.1) is 0 Å². The monoisotopic (exact) mass is 384 g/mol. The third kappa shape index (κ3) is 6.12. The van der Waals surface area contributed by atoms with Gasteiger partial charge < -0.3 is 20.1 Å². The highest BCUT2D eigenvalue weighted by Crippen LogP contribution is 2.17. The molecular formula is C21H24N2O5. The second-order valence-corrected chi connectivity index (χ2v) is 6.71. The van der Waals surface area contributed by atoms with Crippen molar-refractivity contribution in [1.82, 2.24) is 4.90 Å². The molecule has 2 aromatic rings. The molecule has 0 heterocycles. The topological polar surface area (TPSA) is 95.9 Å². The van der Waals surface area contributed by atoms with E-state index in [0.29, 0.717) is 23.5 Å². The predicted octanol–water partition coefficient (Wildman–Crippen LogP) is 3.02. The second kappa shape index (κ2) is 9.55. The van der Waals surface area contributed by atoms with Crippen molar-refractivity contribution < 1.29 is 24.2 Å². The van der Waals surface area contributed by atoms with Gasteiger partial charge in [-0.05, 0) is 42.0 Å². The Hall–Kier alpha value is -3.35. The van der Waals surface area contributed by atoms with Crippen molar-refractivity contribution in [3.8, 4) is 5.75 Å². The summed E-state index contributed by atoms with van der Waals surface area (Å²) in [5.74, 6) is -0.906. The maximum Gasteiger partial charge on any atom is 0.341 e. The van der Waals surface area contributed by atoms with E-state index < -0.39 is 12.6 Å².